The van der Waals surface area contributed by atoms with Crippen LogP contribution in [0.5, 0.6) is 5.88 Å². The van der Waals surface area contributed by atoms with Crippen molar-refractivity contribution in [1.29, 1.82) is 0 Å². The number of aromatic nitrogens is 1. The molecule has 1 amide bonds. The van der Waals surface area contributed by atoms with Crippen molar-refractivity contribution in [3.63, 3.8) is 0 Å². The molecule has 1 aromatic heterocycles. The predicted molar refractivity (Wildman–Crippen MR) is 105 cm³/mol. The van der Waals surface area contributed by atoms with Crippen molar-refractivity contribution in [3.05, 3.63) is 68.0 Å². The smallest absolute Gasteiger partial charge is 0.279 e. The summed E-state index contributed by atoms with van der Waals surface area (Å²) < 4.78 is 0.844. The Hall–Kier alpha value is -2.51. The normalized spacial score (nSPS) is 12.8. The molecular weight excluding hydrogens is 414 g/mol. The lowest BCUT2D eigenvalue weighted by atomic mass is 10.1. The zero-order valence-corrected chi connectivity index (χ0v) is 16.2. The molecule has 0 atom stereocenters. The van der Waals surface area contributed by atoms with E-state index in [9.17, 15) is 9.90 Å². The van der Waals surface area contributed by atoms with Gasteiger partial charge in [0.05, 0.1) is 10.9 Å². The number of benzene rings is 2. The van der Waals surface area contributed by atoms with Crippen LogP contribution in [0.15, 0.2) is 51.9 Å². The summed E-state index contributed by atoms with van der Waals surface area (Å²) in [6.07, 6.45) is 0.974. The fraction of sp³-hybridized carbons (Fsp3) is 0.105. The minimum Gasteiger partial charge on any atom is -0.492 e. The van der Waals surface area contributed by atoms with E-state index in [0.29, 0.717) is 26.2 Å². The zero-order chi connectivity index (χ0) is 18.3. The summed E-state index contributed by atoms with van der Waals surface area (Å²) in [7, 11) is 0. The molecule has 26 heavy (non-hydrogen) atoms. The number of nitrogens with one attached hydrogen (secondary N) is 1. The lowest BCUT2D eigenvalue weighted by Crippen LogP contribution is -2.22. The minimum absolute atomic E-state index is 0.172. The Morgan fingerprint density at radius 3 is 2.69 bits per heavy atom. The molecular formula is C19H14BrN3O2S. The molecule has 0 spiro atoms. The quantitative estimate of drug-likeness (QED) is 0.669. The van der Waals surface area contributed by atoms with Gasteiger partial charge in [0.25, 0.3) is 5.91 Å². The van der Waals surface area contributed by atoms with Crippen LogP contribution in [0.3, 0.4) is 0 Å². The van der Waals surface area contributed by atoms with E-state index in [0.717, 1.165) is 16.6 Å². The maximum atomic E-state index is 12.4. The number of thiazole rings is 1. The molecule has 5 nitrogen and oxygen atoms in total. The number of aromatic hydroxyl groups is 1. The van der Waals surface area contributed by atoms with E-state index in [2.05, 4.69) is 38.1 Å². The second-order valence-corrected chi connectivity index (χ2v) is 7.72. The van der Waals surface area contributed by atoms with E-state index >= 15 is 0 Å². The molecule has 1 aliphatic heterocycles. The fourth-order valence-electron chi connectivity index (χ4n) is 2.78. The summed E-state index contributed by atoms with van der Waals surface area (Å²) in [6.45, 7) is 2.10. The first-order valence-corrected chi connectivity index (χ1v) is 9.65. The van der Waals surface area contributed by atoms with Crippen molar-refractivity contribution in [2.24, 2.45) is 4.99 Å². The first-order chi connectivity index (χ1) is 12.5. The Balaban J connectivity index is 1.74. The molecule has 7 heteroatoms. The van der Waals surface area contributed by atoms with Gasteiger partial charge in [-0.1, -0.05) is 46.3 Å². The molecule has 0 unspecified atom stereocenters. The average Bonchev–Trinajstić information content (AvgIpc) is 3.13. The minimum atomic E-state index is -0.365. The molecule has 0 saturated heterocycles. The van der Waals surface area contributed by atoms with E-state index in [1.54, 1.807) is 6.07 Å². The van der Waals surface area contributed by atoms with E-state index in [-0.39, 0.29) is 11.8 Å². The third-order valence-corrected chi connectivity index (χ3v) is 5.58. The second kappa shape index (κ2) is 6.66. The highest BCUT2D eigenvalue weighted by molar-refractivity contribution is 9.10. The molecule has 4 rings (SSSR count). The van der Waals surface area contributed by atoms with Crippen LogP contribution in [0.4, 0.5) is 10.8 Å². The number of hydrogen-bond donors (Lipinski definition) is 2. The van der Waals surface area contributed by atoms with Gasteiger partial charge in [-0.15, -0.1) is 0 Å². The average molecular weight is 428 g/mol. The Kier molecular flexibility index (Phi) is 4.34. The van der Waals surface area contributed by atoms with Crippen molar-refractivity contribution in [1.82, 2.24) is 4.98 Å². The molecule has 0 aliphatic carbocycles. The van der Waals surface area contributed by atoms with Gasteiger partial charge in [0.2, 0.25) is 5.88 Å². The number of amides is 1. The van der Waals surface area contributed by atoms with Crippen LogP contribution in [0.1, 0.15) is 17.4 Å². The summed E-state index contributed by atoms with van der Waals surface area (Å²) in [5.41, 5.74) is 2.50. The van der Waals surface area contributed by atoms with Gasteiger partial charge in [0.15, 0.2) is 5.13 Å². The molecule has 0 fully saturated rings. The van der Waals surface area contributed by atoms with Gasteiger partial charge in [-0.05, 0) is 42.3 Å². The lowest BCUT2D eigenvalue weighted by Gasteiger charge is -2.03. The Morgan fingerprint density at radius 1 is 1.19 bits per heavy atom. The highest BCUT2D eigenvalue weighted by Crippen LogP contribution is 2.35. The van der Waals surface area contributed by atoms with Gasteiger partial charge in [0, 0.05) is 15.4 Å². The second-order valence-electron chi connectivity index (χ2n) is 5.80. The molecule has 1 aliphatic rings. The largest absolute Gasteiger partial charge is 0.492 e. The molecule has 0 saturated carbocycles. The van der Waals surface area contributed by atoms with Gasteiger partial charge in [-0.25, -0.2) is 4.99 Å². The lowest BCUT2D eigenvalue weighted by molar-refractivity contribution is -0.112. The van der Waals surface area contributed by atoms with Crippen LogP contribution >= 0.6 is 27.3 Å². The van der Waals surface area contributed by atoms with Crippen LogP contribution in [0.25, 0.3) is 5.57 Å². The summed E-state index contributed by atoms with van der Waals surface area (Å²) in [5.74, 6) is -0.537. The number of fused-ring (bicyclic) bond motifs is 1. The Bertz CT molecular complexity index is 1140. The molecule has 2 heterocycles. The fourth-order valence-corrected chi connectivity index (χ4v) is 4.07. The summed E-state index contributed by atoms with van der Waals surface area (Å²) >= 11 is 4.64. The monoisotopic (exact) mass is 427 g/mol. The number of aryl methyl sites for hydroxylation is 1. The number of halogens is 1. The van der Waals surface area contributed by atoms with Gasteiger partial charge in [-0.2, -0.15) is 4.98 Å². The third-order valence-electron chi connectivity index (χ3n) is 4.11. The van der Waals surface area contributed by atoms with E-state index in [4.69, 9.17) is 0 Å². The van der Waals surface area contributed by atoms with E-state index in [1.165, 1.54) is 16.9 Å². The Morgan fingerprint density at radius 2 is 1.96 bits per heavy atom. The standard InChI is InChI=1S/C19H14BrN3O2S/c1-2-10-3-6-12(7-4-10)21-19-23-18(25)16(26-19)15-13-9-11(20)5-8-14(13)22-17(15)24/h3-9,25H,2H2,1H3,(H,21,23). The topological polar surface area (TPSA) is 74.6 Å². The van der Waals surface area contributed by atoms with E-state index < -0.39 is 0 Å². The van der Waals surface area contributed by atoms with Crippen LogP contribution in [0.2, 0.25) is 0 Å². The molecule has 2 aromatic carbocycles. The van der Waals surface area contributed by atoms with Gasteiger partial charge >= 0.3 is 0 Å². The van der Waals surface area contributed by atoms with Crippen molar-refractivity contribution in [3.8, 4) is 5.88 Å². The highest BCUT2D eigenvalue weighted by Gasteiger charge is 2.24. The first-order valence-electron chi connectivity index (χ1n) is 8.04. The third kappa shape index (κ3) is 3.04. The first kappa shape index (κ1) is 16.9. The molecule has 3 aromatic rings. The van der Waals surface area contributed by atoms with Crippen molar-refractivity contribution in [2.75, 3.05) is 5.32 Å². The highest BCUT2D eigenvalue weighted by atomic mass is 79.9. The van der Waals surface area contributed by atoms with Crippen LogP contribution in [-0.4, -0.2) is 16.0 Å². The zero-order valence-electron chi connectivity index (χ0n) is 13.8. The number of nitrogens with zero attached hydrogens (tertiary/aromatic N) is 2. The number of carbonyl (C=O) groups is 1. The maximum absolute atomic E-state index is 12.4. The van der Waals surface area contributed by atoms with E-state index in [1.807, 2.05) is 36.4 Å². The molecule has 130 valence electrons. The summed E-state index contributed by atoms with van der Waals surface area (Å²) in [6, 6.07) is 13.4. The van der Waals surface area contributed by atoms with Crippen molar-refractivity contribution < 1.29 is 9.90 Å². The summed E-state index contributed by atoms with van der Waals surface area (Å²) in [5, 5.41) is 15.3. The number of anilines is 2. The van der Waals surface area contributed by atoms with Gasteiger partial charge in [-0.3, -0.25) is 4.79 Å². The number of hydrogen-bond acceptors (Lipinski definition) is 5. The Labute approximate surface area is 161 Å². The van der Waals surface area contributed by atoms with Gasteiger partial charge < -0.3 is 10.4 Å². The molecule has 2 N–H and O–H groups in total. The maximum Gasteiger partial charge on any atom is 0.279 e. The number of carbonyl (C=O) groups excluding carboxylic acids is 1. The summed E-state index contributed by atoms with van der Waals surface area (Å²) in [4.78, 5) is 21.0. The number of rotatable bonds is 4. The SMILES string of the molecule is CCc1ccc(Nc2nc(O)c(C3=c4cc(Br)ccc4=NC3=O)s2)cc1. The van der Waals surface area contributed by atoms with Crippen molar-refractivity contribution >= 4 is 49.6 Å². The molecule has 0 bridgehead atoms. The van der Waals surface area contributed by atoms with Crippen molar-refractivity contribution in [2.45, 2.75) is 13.3 Å². The van der Waals surface area contributed by atoms with Crippen LogP contribution in [-0.2, 0) is 11.2 Å². The van der Waals surface area contributed by atoms with Gasteiger partial charge in [0.1, 0.15) is 4.88 Å². The van der Waals surface area contributed by atoms with Crippen LogP contribution in [0, 0.1) is 0 Å². The predicted octanol–water partition coefficient (Wildman–Crippen LogP) is 3.28. The molecule has 0 radical (unpaired) electrons. The van der Waals surface area contributed by atoms with Crippen LogP contribution < -0.4 is 15.9 Å².